The van der Waals surface area contributed by atoms with Crippen LogP contribution in [0.5, 0.6) is 0 Å². The third-order valence-electron chi connectivity index (χ3n) is 3.06. The van der Waals surface area contributed by atoms with Crippen molar-refractivity contribution < 1.29 is 4.79 Å². The van der Waals surface area contributed by atoms with E-state index in [9.17, 15) is 4.79 Å². The summed E-state index contributed by atoms with van der Waals surface area (Å²) in [6.07, 6.45) is 4.01. The van der Waals surface area contributed by atoms with Crippen molar-refractivity contribution in [3.05, 3.63) is 20.8 Å². The number of nitrogens with one attached hydrogen (secondary N) is 1. The second-order valence-electron chi connectivity index (χ2n) is 3.89. The Balaban J connectivity index is 2.38. The van der Waals surface area contributed by atoms with Gasteiger partial charge in [0.25, 0.3) is 0 Å². The predicted molar refractivity (Wildman–Crippen MR) is 64.5 cm³/mol. The molecule has 3 nitrogen and oxygen atoms in total. The topological polar surface area (TPSA) is 55.1 Å². The van der Waals surface area contributed by atoms with Crippen LogP contribution in [0.25, 0.3) is 0 Å². The molecule has 5 heteroatoms. The molecule has 0 spiro atoms. The maximum absolute atomic E-state index is 11.9. The Bertz CT molecular complexity index is 371. The summed E-state index contributed by atoms with van der Waals surface area (Å²) in [6.45, 7) is 0. The van der Waals surface area contributed by atoms with E-state index in [0.29, 0.717) is 0 Å². The van der Waals surface area contributed by atoms with Gasteiger partial charge in [0.15, 0.2) is 0 Å². The number of hydrogen-bond donors (Lipinski definition) is 2. The summed E-state index contributed by atoms with van der Waals surface area (Å²) in [5.74, 6) is 5.23. The number of rotatable bonds is 2. The van der Waals surface area contributed by atoms with Gasteiger partial charge in [0.2, 0.25) is 5.91 Å². The molecule has 15 heavy (non-hydrogen) atoms. The fourth-order valence-electron chi connectivity index (χ4n) is 2.27. The van der Waals surface area contributed by atoms with Crippen LogP contribution in [-0.4, -0.2) is 5.91 Å². The number of hydrazine groups is 1. The highest BCUT2D eigenvalue weighted by molar-refractivity contribution is 9.10. The number of carbonyl (C=O) groups excluding carboxylic acids is 1. The average Bonchev–Trinajstić information content (AvgIpc) is 2.85. The summed E-state index contributed by atoms with van der Waals surface area (Å²) in [5.41, 5.74) is 1.94. The Morgan fingerprint density at radius 3 is 2.67 bits per heavy atom. The minimum absolute atomic E-state index is 0.0469. The van der Waals surface area contributed by atoms with Crippen molar-refractivity contribution in [1.29, 1.82) is 0 Å². The molecule has 0 bridgehead atoms. The molecule has 1 aromatic heterocycles. The maximum Gasteiger partial charge on any atom is 0.245 e. The van der Waals surface area contributed by atoms with Crippen LogP contribution in [0.15, 0.2) is 15.9 Å². The van der Waals surface area contributed by atoms with Crippen molar-refractivity contribution in [2.45, 2.75) is 31.1 Å². The molecule has 0 aromatic carbocycles. The molecule has 0 atom stereocenters. The van der Waals surface area contributed by atoms with Crippen molar-refractivity contribution in [1.82, 2.24) is 5.43 Å². The van der Waals surface area contributed by atoms with Gasteiger partial charge in [0.1, 0.15) is 0 Å². The molecule has 0 aliphatic heterocycles. The molecule has 1 fully saturated rings. The zero-order chi connectivity index (χ0) is 10.9. The first-order chi connectivity index (χ1) is 7.19. The number of amides is 1. The average molecular weight is 289 g/mol. The first kappa shape index (κ1) is 11.1. The van der Waals surface area contributed by atoms with E-state index >= 15 is 0 Å². The zero-order valence-electron chi connectivity index (χ0n) is 8.25. The molecule has 3 N–H and O–H groups in total. The molecule has 1 saturated carbocycles. The molecule has 0 unspecified atom stereocenters. The van der Waals surface area contributed by atoms with E-state index in [2.05, 4.69) is 21.4 Å². The minimum Gasteiger partial charge on any atom is -0.293 e. The van der Waals surface area contributed by atoms with Crippen LogP contribution in [0.4, 0.5) is 0 Å². The van der Waals surface area contributed by atoms with Gasteiger partial charge in [-0.25, -0.2) is 5.84 Å². The second kappa shape index (κ2) is 4.23. The van der Waals surface area contributed by atoms with Crippen LogP contribution < -0.4 is 11.3 Å². The van der Waals surface area contributed by atoms with Gasteiger partial charge in [0, 0.05) is 14.7 Å². The van der Waals surface area contributed by atoms with E-state index in [-0.39, 0.29) is 11.3 Å². The quantitative estimate of drug-likeness (QED) is 0.499. The van der Waals surface area contributed by atoms with E-state index in [1.807, 2.05) is 11.4 Å². The molecular formula is C10H13BrN2OS. The molecule has 1 aromatic rings. The van der Waals surface area contributed by atoms with Gasteiger partial charge in [-0.05, 0) is 34.8 Å². The van der Waals surface area contributed by atoms with Gasteiger partial charge >= 0.3 is 0 Å². The lowest BCUT2D eigenvalue weighted by atomic mass is 9.84. The Labute approximate surface area is 101 Å². The van der Waals surface area contributed by atoms with Gasteiger partial charge in [-0.2, -0.15) is 0 Å². The van der Waals surface area contributed by atoms with E-state index in [4.69, 9.17) is 5.84 Å². The van der Waals surface area contributed by atoms with Crippen molar-refractivity contribution in [3.63, 3.8) is 0 Å². The van der Waals surface area contributed by atoms with Crippen LogP contribution in [0.1, 0.15) is 30.6 Å². The van der Waals surface area contributed by atoms with Crippen LogP contribution in [0.3, 0.4) is 0 Å². The summed E-state index contributed by atoms with van der Waals surface area (Å²) in [7, 11) is 0. The van der Waals surface area contributed by atoms with E-state index in [0.717, 1.165) is 35.0 Å². The number of nitrogens with two attached hydrogens (primary N) is 1. The molecule has 1 aliphatic rings. The highest BCUT2D eigenvalue weighted by atomic mass is 79.9. The standard InChI is InChI=1S/C10H13BrN2OS/c11-7-5-8(15-6-7)10(9(14)13-12)3-1-2-4-10/h5-6H,1-4,12H2,(H,13,14). The van der Waals surface area contributed by atoms with Gasteiger partial charge in [-0.3, -0.25) is 10.2 Å². The summed E-state index contributed by atoms with van der Waals surface area (Å²) in [5, 5.41) is 2.01. The first-order valence-electron chi connectivity index (χ1n) is 4.94. The fourth-order valence-corrected chi connectivity index (χ4v) is 3.95. The zero-order valence-corrected chi connectivity index (χ0v) is 10.7. The summed E-state index contributed by atoms with van der Waals surface area (Å²) < 4.78 is 1.04. The Kier molecular flexibility index (Phi) is 3.13. The Morgan fingerprint density at radius 2 is 2.20 bits per heavy atom. The summed E-state index contributed by atoms with van der Waals surface area (Å²) >= 11 is 5.05. The molecular weight excluding hydrogens is 276 g/mol. The lowest BCUT2D eigenvalue weighted by molar-refractivity contribution is -0.126. The lowest BCUT2D eigenvalue weighted by Gasteiger charge is -2.25. The molecule has 2 rings (SSSR count). The van der Waals surface area contributed by atoms with Crippen molar-refractivity contribution >= 4 is 33.2 Å². The van der Waals surface area contributed by atoms with Gasteiger partial charge in [-0.1, -0.05) is 12.8 Å². The molecule has 1 heterocycles. The predicted octanol–water partition coefficient (Wildman–Crippen LogP) is 2.31. The summed E-state index contributed by atoms with van der Waals surface area (Å²) in [6, 6.07) is 2.03. The molecule has 1 aliphatic carbocycles. The SMILES string of the molecule is NNC(=O)C1(c2cc(Br)cs2)CCCC1. The van der Waals surface area contributed by atoms with E-state index in [1.54, 1.807) is 11.3 Å². The van der Waals surface area contributed by atoms with Gasteiger partial charge in [-0.15, -0.1) is 11.3 Å². The number of thiophene rings is 1. The van der Waals surface area contributed by atoms with Crippen LogP contribution in [0.2, 0.25) is 0 Å². The van der Waals surface area contributed by atoms with Gasteiger partial charge < -0.3 is 0 Å². The Morgan fingerprint density at radius 1 is 1.53 bits per heavy atom. The monoisotopic (exact) mass is 288 g/mol. The molecule has 0 saturated heterocycles. The highest BCUT2D eigenvalue weighted by Gasteiger charge is 2.43. The Hall–Kier alpha value is -0.390. The maximum atomic E-state index is 11.9. The van der Waals surface area contributed by atoms with E-state index < -0.39 is 0 Å². The number of hydrogen-bond acceptors (Lipinski definition) is 3. The normalized spacial score (nSPS) is 19.1. The second-order valence-corrected chi connectivity index (χ2v) is 5.72. The fraction of sp³-hybridized carbons (Fsp3) is 0.500. The minimum atomic E-state index is -0.370. The van der Waals surface area contributed by atoms with Gasteiger partial charge in [0.05, 0.1) is 5.41 Å². The lowest BCUT2D eigenvalue weighted by Crippen LogP contribution is -2.45. The van der Waals surface area contributed by atoms with Crippen molar-refractivity contribution in [3.8, 4) is 0 Å². The third kappa shape index (κ3) is 1.84. The first-order valence-corrected chi connectivity index (χ1v) is 6.62. The highest BCUT2D eigenvalue weighted by Crippen LogP contribution is 2.44. The summed E-state index contributed by atoms with van der Waals surface area (Å²) in [4.78, 5) is 13.0. The molecule has 82 valence electrons. The largest absolute Gasteiger partial charge is 0.293 e. The van der Waals surface area contributed by atoms with E-state index in [1.165, 1.54) is 0 Å². The smallest absolute Gasteiger partial charge is 0.245 e. The van der Waals surface area contributed by atoms with Crippen LogP contribution >= 0.6 is 27.3 Å². The number of halogens is 1. The molecule has 0 radical (unpaired) electrons. The van der Waals surface area contributed by atoms with Crippen LogP contribution in [-0.2, 0) is 10.2 Å². The number of carbonyl (C=O) groups is 1. The van der Waals surface area contributed by atoms with Crippen LogP contribution in [0, 0.1) is 0 Å². The van der Waals surface area contributed by atoms with Crippen molar-refractivity contribution in [2.24, 2.45) is 5.84 Å². The third-order valence-corrected chi connectivity index (χ3v) is 4.96. The molecule has 1 amide bonds. The van der Waals surface area contributed by atoms with Crippen molar-refractivity contribution in [2.75, 3.05) is 0 Å².